The number of carbonyl (C=O) groups excluding carboxylic acids is 1. The van der Waals surface area contributed by atoms with Crippen molar-refractivity contribution in [3.8, 4) is 0 Å². The predicted molar refractivity (Wildman–Crippen MR) is 60.5 cm³/mol. The SMILES string of the molecule is CCOC(=O)CCNc1c(N)ccc(F)c1F. The molecule has 94 valence electrons. The summed E-state index contributed by atoms with van der Waals surface area (Å²) in [5.41, 5.74) is 5.44. The van der Waals surface area contributed by atoms with Crippen LogP contribution in [0, 0.1) is 11.6 Å². The Hall–Kier alpha value is -1.85. The quantitative estimate of drug-likeness (QED) is 0.613. The molecule has 1 aromatic carbocycles. The minimum Gasteiger partial charge on any atom is -0.466 e. The topological polar surface area (TPSA) is 64.3 Å². The maximum absolute atomic E-state index is 13.3. The summed E-state index contributed by atoms with van der Waals surface area (Å²) in [7, 11) is 0. The Kier molecular flexibility index (Phi) is 4.68. The Balaban J connectivity index is 2.58. The molecule has 0 aromatic heterocycles. The number of carbonyl (C=O) groups is 1. The molecule has 0 aliphatic rings. The fourth-order valence-electron chi connectivity index (χ4n) is 1.27. The fourth-order valence-corrected chi connectivity index (χ4v) is 1.27. The van der Waals surface area contributed by atoms with Gasteiger partial charge in [0, 0.05) is 6.54 Å². The molecule has 0 unspecified atom stereocenters. The highest BCUT2D eigenvalue weighted by Crippen LogP contribution is 2.24. The maximum Gasteiger partial charge on any atom is 0.307 e. The molecule has 0 radical (unpaired) electrons. The van der Waals surface area contributed by atoms with Gasteiger partial charge in [-0.15, -0.1) is 0 Å². The molecule has 4 nitrogen and oxygen atoms in total. The molecule has 0 fully saturated rings. The first-order valence-electron chi connectivity index (χ1n) is 5.19. The van der Waals surface area contributed by atoms with E-state index in [1.807, 2.05) is 0 Å². The molecule has 1 aromatic rings. The summed E-state index contributed by atoms with van der Waals surface area (Å²) in [6, 6.07) is 2.20. The van der Waals surface area contributed by atoms with Gasteiger partial charge >= 0.3 is 5.97 Å². The first-order valence-corrected chi connectivity index (χ1v) is 5.19. The van der Waals surface area contributed by atoms with Crippen molar-refractivity contribution in [1.29, 1.82) is 0 Å². The van der Waals surface area contributed by atoms with Crippen LogP contribution >= 0.6 is 0 Å². The number of nitrogens with two attached hydrogens (primary N) is 1. The van der Waals surface area contributed by atoms with Gasteiger partial charge in [0.25, 0.3) is 0 Å². The molecule has 0 aliphatic carbocycles. The van der Waals surface area contributed by atoms with E-state index in [9.17, 15) is 13.6 Å². The van der Waals surface area contributed by atoms with Crippen molar-refractivity contribution >= 4 is 17.3 Å². The summed E-state index contributed by atoms with van der Waals surface area (Å²) >= 11 is 0. The lowest BCUT2D eigenvalue weighted by Crippen LogP contribution is -2.13. The molecule has 1 rings (SSSR count). The monoisotopic (exact) mass is 244 g/mol. The molecular formula is C11H14F2N2O2. The van der Waals surface area contributed by atoms with Gasteiger partial charge in [-0.2, -0.15) is 0 Å². The molecule has 3 N–H and O–H groups in total. The smallest absolute Gasteiger partial charge is 0.307 e. The van der Waals surface area contributed by atoms with Crippen LogP contribution in [0.25, 0.3) is 0 Å². The molecule has 0 saturated heterocycles. The van der Waals surface area contributed by atoms with Crippen LogP contribution < -0.4 is 11.1 Å². The summed E-state index contributed by atoms with van der Waals surface area (Å²) in [5, 5.41) is 2.57. The lowest BCUT2D eigenvalue weighted by Gasteiger charge is -2.10. The minimum absolute atomic E-state index is 0.0588. The van der Waals surface area contributed by atoms with E-state index in [-0.39, 0.29) is 30.9 Å². The molecule has 0 bridgehead atoms. The van der Waals surface area contributed by atoms with Crippen LogP contribution in [-0.4, -0.2) is 19.1 Å². The van der Waals surface area contributed by atoms with Crippen LogP contribution in [0.1, 0.15) is 13.3 Å². The van der Waals surface area contributed by atoms with E-state index < -0.39 is 17.6 Å². The van der Waals surface area contributed by atoms with Gasteiger partial charge in [0.1, 0.15) is 0 Å². The van der Waals surface area contributed by atoms with Crippen molar-refractivity contribution in [1.82, 2.24) is 0 Å². The number of hydrogen-bond donors (Lipinski definition) is 2. The molecule has 17 heavy (non-hydrogen) atoms. The highest BCUT2D eigenvalue weighted by Gasteiger charge is 2.11. The summed E-state index contributed by atoms with van der Waals surface area (Å²) < 4.78 is 30.9. The van der Waals surface area contributed by atoms with Crippen molar-refractivity contribution in [3.63, 3.8) is 0 Å². The van der Waals surface area contributed by atoms with E-state index in [0.717, 1.165) is 6.07 Å². The number of benzene rings is 1. The van der Waals surface area contributed by atoms with Crippen molar-refractivity contribution < 1.29 is 18.3 Å². The zero-order valence-corrected chi connectivity index (χ0v) is 9.43. The Morgan fingerprint density at radius 1 is 1.47 bits per heavy atom. The molecule has 0 heterocycles. The largest absolute Gasteiger partial charge is 0.466 e. The van der Waals surface area contributed by atoms with Gasteiger partial charge < -0.3 is 15.8 Å². The highest BCUT2D eigenvalue weighted by atomic mass is 19.2. The van der Waals surface area contributed by atoms with E-state index in [4.69, 9.17) is 5.73 Å². The number of anilines is 2. The number of nitrogen functional groups attached to an aromatic ring is 1. The predicted octanol–water partition coefficient (Wildman–Crippen LogP) is 1.91. The van der Waals surface area contributed by atoms with Crippen molar-refractivity contribution in [3.05, 3.63) is 23.8 Å². The normalized spacial score (nSPS) is 10.1. The first-order chi connectivity index (χ1) is 8.06. The molecule has 6 heteroatoms. The van der Waals surface area contributed by atoms with Gasteiger partial charge in [-0.25, -0.2) is 8.78 Å². The van der Waals surface area contributed by atoms with E-state index in [0.29, 0.717) is 0 Å². The lowest BCUT2D eigenvalue weighted by molar-refractivity contribution is -0.142. The average molecular weight is 244 g/mol. The third-order valence-electron chi connectivity index (χ3n) is 2.06. The fraction of sp³-hybridized carbons (Fsp3) is 0.364. The van der Waals surface area contributed by atoms with Crippen LogP contribution in [0.3, 0.4) is 0 Å². The molecule has 0 aliphatic heterocycles. The van der Waals surface area contributed by atoms with Gasteiger partial charge in [0.05, 0.1) is 24.4 Å². The molecule has 0 atom stereocenters. The number of halogens is 2. The number of ether oxygens (including phenoxy) is 1. The molecule has 0 spiro atoms. The van der Waals surface area contributed by atoms with Crippen LogP contribution in [0.2, 0.25) is 0 Å². The van der Waals surface area contributed by atoms with E-state index in [1.54, 1.807) is 6.92 Å². The van der Waals surface area contributed by atoms with Gasteiger partial charge in [-0.05, 0) is 19.1 Å². The zero-order chi connectivity index (χ0) is 12.8. The number of rotatable bonds is 5. The summed E-state index contributed by atoms with van der Waals surface area (Å²) in [6.07, 6.45) is 0.0588. The summed E-state index contributed by atoms with van der Waals surface area (Å²) in [6.45, 7) is 2.11. The van der Waals surface area contributed by atoms with E-state index in [1.165, 1.54) is 6.07 Å². The average Bonchev–Trinajstić information content (AvgIpc) is 2.29. The third kappa shape index (κ3) is 3.58. The van der Waals surface area contributed by atoms with E-state index >= 15 is 0 Å². The number of esters is 1. The summed E-state index contributed by atoms with van der Waals surface area (Å²) in [4.78, 5) is 11.0. The highest BCUT2D eigenvalue weighted by molar-refractivity contribution is 5.71. The van der Waals surface area contributed by atoms with Crippen LogP contribution in [0.4, 0.5) is 20.2 Å². The van der Waals surface area contributed by atoms with E-state index in [2.05, 4.69) is 10.1 Å². The van der Waals surface area contributed by atoms with Crippen molar-refractivity contribution in [2.24, 2.45) is 0 Å². The Morgan fingerprint density at radius 3 is 2.82 bits per heavy atom. The Labute approximate surface area is 97.8 Å². The van der Waals surface area contributed by atoms with Crippen molar-refractivity contribution in [2.45, 2.75) is 13.3 Å². The third-order valence-corrected chi connectivity index (χ3v) is 2.06. The number of hydrogen-bond acceptors (Lipinski definition) is 4. The summed E-state index contributed by atoms with van der Waals surface area (Å²) in [5.74, 6) is -2.44. The van der Waals surface area contributed by atoms with Gasteiger partial charge in [-0.3, -0.25) is 4.79 Å². The number of nitrogens with one attached hydrogen (secondary N) is 1. The van der Waals surface area contributed by atoms with Crippen LogP contribution in [-0.2, 0) is 9.53 Å². The molecule has 0 saturated carbocycles. The standard InChI is InChI=1S/C11H14F2N2O2/c1-2-17-9(16)5-6-15-11-8(14)4-3-7(12)10(11)13/h3-4,15H,2,5-6,14H2,1H3. The second kappa shape index (κ2) is 6.03. The zero-order valence-electron chi connectivity index (χ0n) is 9.43. The first kappa shape index (κ1) is 13.2. The van der Waals surface area contributed by atoms with Crippen molar-refractivity contribution in [2.75, 3.05) is 24.2 Å². The minimum atomic E-state index is -1.05. The van der Waals surface area contributed by atoms with Gasteiger partial charge in [0.15, 0.2) is 11.6 Å². The Bertz CT molecular complexity index is 411. The molecular weight excluding hydrogens is 230 g/mol. The Morgan fingerprint density at radius 2 is 2.18 bits per heavy atom. The molecule has 0 amide bonds. The van der Waals surface area contributed by atoms with Gasteiger partial charge in [0.2, 0.25) is 0 Å². The van der Waals surface area contributed by atoms with Crippen LogP contribution in [0.5, 0.6) is 0 Å². The lowest BCUT2D eigenvalue weighted by atomic mass is 10.2. The second-order valence-corrected chi connectivity index (χ2v) is 3.31. The maximum atomic E-state index is 13.3. The van der Waals surface area contributed by atoms with Crippen LogP contribution in [0.15, 0.2) is 12.1 Å². The van der Waals surface area contributed by atoms with Gasteiger partial charge in [-0.1, -0.05) is 0 Å². The second-order valence-electron chi connectivity index (χ2n) is 3.31.